The van der Waals surface area contributed by atoms with Crippen LogP contribution < -0.4 is 0 Å². The maximum atomic E-state index is 9.87. The standard InChI is InChI=1S/C4H5N.F6P.H3P/c1-2-4-5-3-1;1-7(2,3,4,5)6;/h1-5H;;1H3/q;-1;/p+1. The van der Waals surface area contributed by atoms with Crippen molar-refractivity contribution >= 4 is 17.7 Å². The van der Waals surface area contributed by atoms with Crippen molar-refractivity contribution in [3.8, 4) is 0 Å². The molecule has 13 heavy (non-hydrogen) atoms. The number of hydrogen-bond donors (Lipinski definition) is 1. The second-order valence-electron chi connectivity index (χ2n) is 1.84. The SMILES string of the molecule is F[P-](F)(F)(F)(F)F.P.[H+].c1cc[nH]c1. The van der Waals surface area contributed by atoms with Crippen molar-refractivity contribution < 1.29 is 26.6 Å². The summed E-state index contributed by atoms with van der Waals surface area (Å²) in [7, 11) is -10.7. The number of H-pyrrole nitrogens is 1. The van der Waals surface area contributed by atoms with Crippen LogP contribution in [0.3, 0.4) is 0 Å². The molecule has 1 atom stereocenters. The van der Waals surface area contributed by atoms with Gasteiger partial charge in [0.15, 0.2) is 0 Å². The van der Waals surface area contributed by atoms with E-state index in [9.17, 15) is 25.2 Å². The Morgan fingerprint density at radius 2 is 1.08 bits per heavy atom. The normalized spacial score (nSPS) is 15.5. The van der Waals surface area contributed by atoms with Crippen LogP contribution in [0, 0.1) is 0 Å². The number of halogens is 6. The van der Waals surface area contributed by atoms with E-state index in [2.05, 4.69) is 4.98 Å². The summed E-state index contributed by atoms with van der Waals surface area (Å²) in [6.07, 6.45) is 3.75. The summed E-state index contributed by atoms with van der Waals surface area (Å²) in [5.74, 6) is 0. The Balaban J connectivity index is -0.000000155. The van der Waals surface area contributed by atoms with E-state index < -0.39 is 7.81 Å². The maximum absolute atomic E-state index is 10.7. The fraction of sp³-hybridized carbons (Fsp3) is 0. The fourth-order valence-corrected chi connectivity index (χ4v) is 0.278. The molecule has 0 bridgehead atoms. The zero-order valence-electron chi connectivity index (χ0n) is 7.23. The van der Waals surface area contributed by atoms with Crippen LogP contribution in [0.25, 0.3) is 0 Å². The van der Waals surface area contributed by atoms with Gasteiger partial charge in [-0.3, -0.25) is 0 Å². The van der Waals surface area contributed by atoms with Crippen molar-refractivity contribution in [2.45, 2.75) is 0 Å². The van der Waals surface area contributed by atoms with Crippen molar-refractivity contribution in [1.82, 2.24) is 4.98 Å². The van der Waals surface area contributed by atoms with Crippen LogP contribution in [0.5, 0.6) is 0 Å². The smallest absolute Gasteiger partial charge is 0.368 e. The molecule has 1 nitrogen and oxygen atoms in total. The summed E-state index contributed by atoms with van der Waals surface area (Å²) >= 11 is 0. The summed E-state index contributed by atoms with van der Waals surface area (Å²) in [4.78, 5) is 2.86. The Bertz CT molecular complexity index is 199. The van der Waals surface area contributed by atoms with Gasteiger partial charge < -0.3 is 4.98 Å². The zero-order chi connectivity index (χ0) is 9.94. The number of aromatic nitrogens is 1. The fourth-order valence-electron chi connectivity index (χ4n) is 0.278. The number of aromatic amines is 1. The number of nitrogens with one attached hydrogen (secondary N) is 1. The first-order valence-electron chi connectivity index (χ1n) is 2.59. The van der Waals surface area contributed by atoms with Crippen LogP contribution in [0.15, 0.2) is 24.5 Å². The van der Waals surface area contributed by atoms with E-state index in [4.69, 9.17) is 0 Å². The summed E-state index contributed by atoms with van der Waals surface area (Å²) in [5.41, 5.74) is 0. The summed E-state index contributed by atoms with van der Waals surface area (Å²) in [5, 5.41) is 0. The van der Waals surface area contributed by atoms with Crippen LogP contribution in [0.2, 0.25) is 0 Å². The average Bonchev–Trinajstić information content (AvgIpc) is 2.00. The van der Waals surface area contributed by atoms with E-state index in [1.807, 2.05) is 24.5 Å². The van der Waals surface area contributed by atoms with Crippen LogP contribution in [0.1, 0.15) is 1.43 Å². The van der Waals surface area contributed by atoms with Crippen LogP contribution in [0.4, 0.5) is 25.2 Å². The van der Waals surface area contributed by atoms with Gasteiger partial charge in [0, 0.05) is 12.4 Å². The van der Waals surface area contributed by atoms with Gasteiger partial charge >= 0.3 is 34.4 Å². The van der Waals surface area contributed by atoms with Crippen molar-refractivity contribution in [1.29, 1.82) is 0 Å². The largest absolute Gasteiger partial charge is 1.00 e. The predicted octanol–water partition coefficient (Wildman–Crippen LogP) is 4.57. The molecule has 0 saturated carbocycles. The maximum Gasteiger partial charge on any atom is 1.00 e. The molecule has 0 aliphatic carbocycles. The minimum atomic E-state index is -10.7. The van der Waals surface area contributed by atoms with Gasteiger partial charge in [-0.05, 0) is 12.1 Å². The Morgan fingerprint density at radius 1 is 0.846 bits per heavy atom. The topological polar surface area (TPSA) is 15.8 Å². The van der Waals surface area contributed by atoms with Crippen LogP contribution >= 0.6 is 17.7 Å². The Hall–Kier alpha value is -0.280. The summed E-state index contributed by atoms with van der Waals surface area (Å²) < 4.78 is 59.2. The first-order chi connectivity index (χ1) is 4.95. The molecule has 82 valence electrons. The summed E-state index contributed by atoms with van der Waals surface area (Å²) in [6.45, 7) is 0. The third-order valence-electron chi connectivity index (χ3n) is 0.496. The number of rotatable bonds is 0. The first kappa shape index (κ1) is 15.2. The van der Waals surface area contributed by atoms with Crippen LogP contribution in [-0.4, -0.2) is 4.98 Å². The van der Waals surface area contributed by atoms with Gasteiger partial charge in [-0.25, -0.2) is 0 Å². The Kier molecular flexibility index (Phi) is 4.05. The van der Waals surface area contributed by atoms with E-state index in [1.54, 1.807) is 0 Å². The Morgan fingerprint density at radius 3 is 1.15 bits per heavy atom. The van der Waals surface area contributed by atoms with Crippen molar-refractivity contribution in [3.05, 3.63) is 24.5 Å². The molecule has 9 heteroatoms. The molecule has 0 aromatic carbocycles. The molecule has 1 aromatic heterocycles. The van der Waals surface area contributed by atoms with Gasteiger partial charge in [0.2, 0.25) is 0 Å². The van der Waals surface area contributed by atoms with Gasteiger partial charge in [-0.1, -0.05) is 0 Å². The van der Waals surface area contributed by atoms with Gasteiger partial charge in [0.25, 0.3) is 0 Å². The van der Waals surface area contributed by atoms with Crippen molar-refractivity contribution in [3.63, 3.8) is 0 Å². The average molecular weight is 247 g/mol. The van der Waals surface area contributed by atoms with Crippen molar-refractivity contribution in [2.24, 2.45) is 0 Å². The molecular formula is C4H9F6NP2. The molecule has 0 saturated heterocycles. The monoisotopic (exact) mass is 247 g/mol. The molecule has 0 spiro atoms. The summed E-state index contributed by atoms with van der Waals surface area (Å²) in [6, 6.07) is 3.89. The van der Waals surface area contributed by atoms with Gasteiger partial charge in [-0.15, -0.1) is 0 Å². The Labute approximate surface area is 74.9 Å². The zero-order valence-corrected chi connectivity index (χ0v) is 8.54. The third-order valence-corrected chi connectivity index (χ3v) is 0.496. The van der Waals surface area contributed by atoms with Gasteiger partial charge in [0.05, 0.1) is 0 Å². The first-order valence-corrected chi connectivity index (χ1v) is 4.62. The van der Waals surface area contributed by atoms with Gasteiger partial charge in [0.1, 0.15) is 0 Å². The van der Waals surface area contributed by atoms with Crippen molar-refractivity contribution in [2.75, 3.05) is 0 Å². The second-order valence-corrected chi connectivity index (χ2v) is 3.76. The molecule has 1 heterocycles. The molecule has 0 fully saturated rings. The van der Waals surface area contributed by atoms with Gasteiger partial charge in [-0.2, -0.15) is 9.90 Å². The molecule has 1 rings (SSSR count). The molecular weight excluding hydrogens is 238 g/mol. The number of hydrogen-bond acceptors (Lipinski definition) is 0. The van der Waals surface area contributed by atoms with E-state index in [-0.39, 0.29) is 11.3 Å². The second kappa shape index (κ2) is 3.46. The molecule has 1 unspecified atom stereocenters. The molecule has 0 radical (unpaired) electrons. The predicted molar refractivity (Wildman–Crippen MR) is 46.6 cm³/mol. The molecule has 0 aliphatic rings. The minimum Gasteiger partial charge on any atom is -0.368 e. The van der Waals surface area contributed by atoms with E-state index in [0.717, 1.165) is 0 Å². The molecule has 1 N–H and O–H groups in total. The van der Waals surface area contributed by atoms with E-state index >= 15 is 0 Å². The third kappa shape index (κ3) is 49.7. The molecule has 0 amide bonds. The van der Waals surface area contributed by atoms with E-state index in [1.165, 1.54) is 0 Å². The molecule has 1 aromatic rings. The van der Waals surface area contributed by atoms with Crippen LogP contribution in [-0.2, 0) is 0 Å². The van der Waals surface area contributed by atoms with E-state index in [0.29, 0.717) is 0 Å². The molecule has 0 aliphatic heterocycles. The minimum absolute atomic E-state index is 0. The quantitative estimate of drug-likeness (QED) is 0.510.